The molecule has 2 rings (SSSR count). The summed E-state index contributed by atoms with van der Waals surface area (Å²) in [5.41, 5.74) is 0. The van der Waals surface area contributed by atoms with Crippen molar-refractivity contribution in [2.45, 2.75) is 39.4 Å². The van der Waals surface area contributed by atoms with Gasteiger partial charge in [-0.15, -0.1) is 0 Å². The molecule has 1 atom stereocenters. The first kappa shape index (κ1) is 11.6. The van der Waals surface area contributed by atoms with Crippen molar-refractivity contribution >= 4 is 0 Å². The predicted octanol–water partition coefficient (Wildman–Crippen LogP) is 1.09. The van der Waals surface area contributed by atoms with E-state index >= 15 is 0 Å². The molecule has 0 spiro atoms. The highest BCUT2D eigenvalue weighted by molar-refractivity contribution is 4.95. The maximum Gasteiger partial charge on any atom is 0.122 e. The van der Waals surface area contributed by atoms with Gasteiger partial charge in [0.05, 0.1) is 6.54 Å². The third-order valence-corrected chi connectivity index (χ3v) is 3.29. The van der Waals surface area contributed by atoms with E-state index in [4.69, 9.17) is 0 Å². The molecule has 0 radical (unpaired) electrons. The lowest BCUT2D eigenvalue weighted by Crippen LogP contribution is -2.43. The second-order valence-corrected chi connectivity index (χ2v) is 4.43. The monoisotopic (exact) mass is 222 g/mol. The van der Waals surface area contributed by atoms with Gasteiger partial charge in [0.1, 0.15) is 5.82 Å². The summed E-state index contributed by atoms with van der Waals surface area (Å²) in [5, 5.41) is 3.53. The van der Waals surface area contributed by atoms with Crippen LogP contribution in [0.2, 0.25) is 0 Å². The van der Waals surface area contributed by atoms with E-state index < -0.39 is 0 Å². The zero-order valence-electron chi connectivity index (χ0n) is 10.3. The van der Waals surface area contributed by atoms with E-state index in [1.54, 1.807) is 0 Å². The van der Waals surface area contributed by atoms with Crippen LogP contribution in [0, 0.1) is 0 Å². The second kappa shape index (κ2) is 5.46. The fourth-order valence-electron chi connectivity index (χ4n) is 2.32. The van der Waals surface area contributed by atoms with Gasteiger partial charge in [-0.1, -0.05) is 13.8 Å². The van der Waals surface area contributed by atoms with Gasteiger partial charge in [0.2, 0.25) is 0 Å². The summed E-state index contributed by atoms with van der Waals surface area (Å²) >= 11 is 0. The van der Waals surface area contributed by atoms with Crippen LogP contribution in [0.25, 0.3) is 0 Å². The molecule has 0 saturated carbocycles. The van der Waals surface area contributed by atoms with Gasteiger partial charge in [-0.3, -0.25) is 4.90 Å². The van der Waals surface area contributed by atoms with Gasteiger partial charge < -0.3 is 9.88 Å². The molecule has 2 heterocycles. The van der Waals surface area contributed by atoms with Crippen LogP contribution < -0.4 is 5.32 Å². The van der Waals surface area contributed by atoms with Crippen LogP contribution in [0.15, 0.2) is 12.4 Å². The molecule has 0 saturated heterocycles. The third kappa shape index (κ3) is 2.62. The predicted molar refractivity (Wildman–Crippen MR) is 65.3 cm³/mol. The van der Waals surface area contributed by atoms with Gasteiger partial charge >= 0.3 is 0 Å². The van der Waals surface area contributed by atoms with Crippen molar-refractivity contribution in [3.05, 3.63) is 18.2 Å². The number of aromatic nitrogens is 2. The molecule has 16 heavy (non-hydrogen) atoms. The SMILES string of the molecule is CCNC(CC)CN1CCn2ccnc2C1. The standard InChI is InChI=1S/C12H22N4/c1-3-11(13-4-2)9-15-7-8-16-6-5-14-12(16)10-15/h5-6,11,13H,3-4,7-10H2,1-2H3. The normalized spacial score (nSPS) is 18.4. The van der Waals surface area contributed by atoms with Crippen molar-refractivity contribution in [1.29, 1.82) is 0 Å². The molecule has 0 amide bonds. The largest absolute Gasteiger partial charge is 0.333 e. The third-order valence-electron chi connectivity index (χ3n) is 3.29. The average Bonchev–Trinajstić information content (AvgIpc) is 2.75. The Morgan fingerprint density at radius 3 is 3.06 bits per heavy atom. The zero-order valence-corrected chi connectivity index (χ0v) is 10.3. The smallest absolute Gasteiger partial charge is 0.122 e. The molecule has 90 valence electrons. The van der Waals surface area contributed by atoms with Crippen LogP contribution in [0.4, 0.5) is 0 Å². The van der Waals surface area contributed by atoms with E-state index in [-0.39, 0.29) is 0 Å². The Morgan fingerprint density at radius 2 is 2.31 bits per heavy atom. The lowest BCUT2D eigenvalue weighted by molar-refractivity contribution is 0.193. The molecule has 1 N–H and O–H groups in total. The molecule has 0 aliphatic carbocycles. The average molecular weight is 222 g/mol. The van der Waals surface area contributed by atoms with Crippen LogP contribution in [0.5, 0.6) is 0 Å². The molecule has 1 aliphatic rings. The Hall–Kier alpha value is -0.870. The highest BCUT2D eigenvalue weighted by Gasteiger charge is 2.18. The minimum absolute atomic E-state index is 0.617. The Bertz CT molecular complexity index is 321. The first-order valence-corrected chi connectivity index (χ1v) is 6.29. The minimum atomic E-state index is 0.617. The summed E-state index contributed by atoms with van der Waals surface area (Å²) < 4.78 is 2.25. The molecule has 4 heteroatoms. The summed E-state index contributed by atoms with van der Waals surface area (Å²) in [4.78, 5) is 6.89. The Labute approximate surface area is 97.7 Å². The lowest BCUT2D eigenvalue weighted by atomic mass is 10.2. The van der Waals surface area contributed by atoms with E-state index in [0.717, 1.165) is 32.7 Å². The molecule has 1 aliphatic heterocycles. The number of nitrogens with one attached hydrogen (secondary N) is 1. The van der Waals surface area contributed by atoms with Crippen molar-refractivity contribution in [3.63, 3.8) is 0 Å². The maximum atomic E-state index is 4.39. The summed E-state index contributed by atoms with van der Waals surface area (Å²) in [6.45, 7) is 9.83. The first-order chi connectivity index (χ1) is 7.83. The van der Waals surface area contributed by atoms with Crippen molar-refractivity contribution in [1.82, 2.24) is 19.8 Å². The first-order valence-electron chi connectivity index (χ1n) is 6.29. The molecule has 4 nitrogen and oxygen atoms in total. The van der Waals surface area contributed by atoms with Gasteiger partial charge in [0.15, 0.2) is 0 Å². The summed E-state index contributed by atoms with van der Waals surface area (Å²) in [6.07, 6.45) is 5.17. The van der Waals surface area contributed by atoms with Crippen LogP contribution >= 0.6 is 0 Å². The second-order valence-electron chi connectivity index (χ2n) is 4.43. The van der Waals surface area contributed by atoms with Crippen molar-refractivity contribution in [2.24, 2.45) is 0 Å². The Balaban J connectivity index is 1.88. The maximum absolute atomic E-state index is 4.39. The topological polar surface area (TPSA) is 33.1 Å². The van der Waals surface area contributed by atoms with Gasteiger partial charge in [-0.2, -0.15) is 0 Å². The van der Waals surface area contributed by atoms with Crippen LogP contribution in [-0.4, -0.2) is 40.1 Å². The lowest BCUT2D eigenvalue weighted by Gasteiger charge is -2.30. The summed E-state index contributed by atoms with van der Waals surface area (Å²) in [5.74, 6) is 1.21. The molecule has 0 aromatic carbocycles. The van der Waals surface area contributed by atoms with E-state index in [9.17, 15) is 0 Å². The van der Waals surface area contributed by atoms with E-state index in [2.05, 4.69) is 39.8 Å². The fourth-order valence-corrected chi connectivity index (χ4v) is 2.32. The Kier molecular flexibility index (Phi) is 3.96. The quantitative estimate of drug-likeness (QED) is 0.809. The highest BCUT2D eigenvalue weighted by Crippen LogP contribution is 2.10. The Morgan fingerprint density at radius 1 is 1.44 bits per heavy atom. The molecular weight excluding hydrogens is 200 g/mol. The highest BCUT2D eigenvalue weighted by atomic mass is 15.2. The fraction of sp³-hybridized carbons (Fsp3) is 0.750. The van der Waals surface area contributed by atoms with Crippen LogP contribution in [0.1, 0.15) is 26.1 Å². The summed E-state index contributed by atoms with van der Waals surface area (Å²) in [6, 6.07) is 0.617. The number of likely N-dealkylation sites (N-methyl/N-ethyl adjacent to an activating group) is 1. The molecule has 1 aromatic rings. The molecular formula is C12H22N4. The van der Waals surface area contributed by atoms with Gasteiger partial charge in [-0.25, -0.2) is 4.98 Å². The van der Waals surface area contributed by atoms with Crippen LogP contribution in [-0.2, 0) is 13.1 Å². The molecule has 1 unspecified atom stereocenters. The van der Waals surface area contributed by atoms with Gasteiger partial charge in [0, 0.05) is 38.1 Å². The summed E-state index contributed by atoms with van der Waals surface area (Å²) in [7, 11) is 0. The van der Waals surface area contributed by atoms with E-state index in [0.29, 0.717) is 6.04 Å². The number of fused-ring (bicyclic) bond motifs is 1. The number of nitrogens with zero attached hydrogens (tertiary/aromatic N) is 3. The van der Waals surface area contributed by atoms with Crippen molar-refractivity contribution < 1.29 is 0 Å². The van der Waals surface area contributed by atoms with E-state index in [1.807, 2.05) is 6.20 Å². The van der Waals surface area contributed by atoms with Crippen molar-refractivity contribution in [2.75, 3.05) is 19.6 Å². The van der Waals surface area contributed by atoms with Gasteiger partial charge in [-0.05, 0) is 13.0 Å². The number of hydrogen-bond acceptors (Lipinski definition) is 3. The number of rotatable bonds is 5. The molecule has 0 bridgehead atoms. The van der Waals surface area contributed by atoms with Gasteiger partial charge in [0.25, 0.3) is 0 Å². The molecule has 0 fully saturated rings. The zero-order chi connectivity index (χ0) is 11.4. The molecule has 1 aromatic heterocycles. The van der Waals surface area contributed by atoms with Crippen LogP contribution in [0.3, 0.4) is 0 Å². The van der Waals surface area contributed by atoms with E-state index in [1.165, 1.54) is 12.2 Å². The number of imidazole rings is 1. The van der Waals surface area contributed by atoms with Crippen molar-refractivity contribution in [3.8, 4) is 0 Å². The minimum Gasteiger partial charge on any atom is -0.333 e. The number of hydrogen-bond donors (Lipinski definition) is 1.